The number of rotatable bonds is 10. The normalized spacial score (nSPS) is 11.1. The van der Waals surface area contributed by atoms with Gasteiger partial charge in [-0.25, -0.2) is 9.97 Å². The van der Waals surface area contributed by atoms with Gasteiger partial charge in [0.2, 0.25) is 0 Å². The van der Waals surface area contributed by atoms with E-state index < -0.39 is 0 Å². The highest BCUT2D eigenvalue weighted by atomic mass is 14.9. The maximum atomic E-state index is 4.81. The minimum absolute atomic E-state index is 0.901. The Hall–Kier alpha value is -4.18. The summed E-state index contributed by atoms with van der Waals surface area (Å²) in [6, 6.07) is 19.5. The Morgan fingerprint density at radius 3 is 1.74 bits per heavy atom. The topological polar surface area (TPSA) is 57.4 Å². The van der Waals surface area contributed by atoms with Gasteiger partial charge in [-0.05, 0) is 123 Å². The summed E-state index contributed by atoms with van der Waals surface area (Å²) in [4.78, 5) is 15.4. The van der Waals surface area contributed by atoms with Crippen molar-refractivity contribution < 1.29 is 0 Å². The molecule has 4 nitrogen and oxygen atoms in total. The van der Waals surface area contributed by atoms with Gasteiger partial charge in [0.05, 0.1) is 5.69 Å². The monoisotopic (exact) mass is 558 g/mol. The molecule has 0 fully saturated rings. The van der Waals surface area contributed by atoms with Crippen LogP contribution in [0.2, 0.25) is 0 Å². The highest BCUT2D eigenvalue weighted by Gasteiger charge is 2.09. The van der Waals surface area contributed by atoms with Crippen LogP contribution in [0.1, 0.15) is 80.3 Å². The van der Waals surface area contributed by atoms with Crippen molar-refractivity contribution in [3.05, 3.63) is 147 Å². The van der Waals surface area contributed by atoms with E-state index in [1.807, 2.05) is 12.3 Å². The number of nitrogens with one attached hydrogen (secondary N) is 2. The first kappa shape index (κ1) is 30.8. The van der Waals surface area contributed by atoms with Gasteiger partial charge in [-0.2, -0.15) is 0 Å². The number of benzene rings is 3. The van der Waals surface area contributed by atoms with Crippen molar-refractivity contribution in [2.75, 3.05) is 0 Å². The molecule has 0 atom stereocenters. The van der Waals surface area contributed by atoms with Crippen LogP contribution in [0, 0.1) is 41.5 Å². The second-order valence-electron chi connectivity index (χ2n) is 11.4. The zero-order chi connectivity index (χ0) is 29.9. The molecule has 218 valence electrons. The largest absolute Gasteiger partial charge is 0.348 e. The molecule has 5 aromatic rings. The van der Waals surface area contributed by atoms with Gasteiger partial charge in [0.25, 0.3) is 0 Å². The van der Waals surface area contributed by atoms with Crippen LogP contribution in [-0.4, -0.2) is 19.9 Å². The Morgan fingerprint density at radius 1 is 0.643 bits per heavy atom. The lowest BCUT2D eigenvalue weighted by molar-refractivity contribution is 0.833. The van der Waals surface area contributed by atoms with Gasteiger partial charge < -0.3 is 9.97 Å². The third kappa shape index (κ3) is 8.66. The molecule has 0 bridgehead atoms. The SMILES string of the molecule is Cc1cccc(C)c1CCC/C=C/c1ncc[nH]1.Cc1cccc(C)c1CCc1nc(Cc2c(C)cccc2C)c[nH]1. The average Bonchev–Trinajstić information content (AvgIpc) is 3.65. The average molecular weight is 559 g/mol. The molecule has 5 rings (SSSR count). The fourth-order valence-electron chi connectivity index (χ4n) is 5.62. The molecule has 0 unspecified atom stereocenters. The summed E-state index contributed by atoms with van der Waals surface area (Å²) in [6.45, 7) is 13.1. The predicted molar refractivity (Wildman–Crippen MR) is 177 cm³/mol. The number of imidazole rings is 2. The molecule has 0 saturated carbocycles. The zero-order valence-electron chi connectivity index (χ0n) is 26.2. The minimum atomic E-state index is 0.901. The van der Waals surface area contributed by atoms with E-state index in [2.05, 4.69) is 123 Å². The molecule has 0 aliphatic heterocycles. The lowest BCUT2D eigenvalue weighted by Gasteiger charge is -2.08. The number of unbranched alkanes of at least 4 members (excludes halogenated alkanes) is 1. The Kier molecular flexibility index (Phi) is 11.1. The molecule has 0 saturated heterocycles. The molecule has 0 amide bonds. The number of nitrogens with zero attached hydrogens (tertiary/aromatic N) is 2. The van der Waals surface area contributed by atoms with Gasteiger partial charge in [-0.3, -0.25) is 0 Å². The first-order valence-electron chi connectivity index (χ1n) is 15.2. The maximum absolute atomic E-state index is 4.81. The number of H-pyrrole nitrogens is 2. The molecule has 3 aromatic carbocycles. The van der Waals surface area contributed by atoms with Crippen molar-refractivity contribution in [1.29, 1.82) is 0 Å². The molecule has 2 heterocycles. The van der Waals surface area contributed by atoms with Crippen LogP contribution in [0.4, 0.5) is 0 Å². The highest BCUT2D eigenvalue weighted by molar-refractivity contribution is 5.39. The summed E-state index contributed by atoms with van der Waals surface area (Å²) in [6.07, 6.45) is 16.2. The first-order chi connectivity index (χ1) is 20.3. The van der Waals surface area contributed by atoms with E-state index in [9.17, 15) is 0 Å². The fraction of sp³-hybridized carbons (Fsp3) is 0.316. The number of hydrogen-bond acceptors (Lipinski definition) is 2. The van der Waals surface area contributed by atoms with E-state index in [1.165, 1.54) is 56.5 Å². The lowest BCUT2D eigenvalue weighted by atomic mass is 9.98. The zero-order valence-corrected chi connectivity index (χ0v) is 26.2. The summed E-state index contributed by atoms with van der Waals surface area (Å²) in [7, 11) is 0. The predicted octanol–water partition coefficient (Wildman–Crippen LogP) is 9.08. The molecule has 2 N–H and O–H groups in total. The third-order valence-electron chi connectivity index (χ3n) is 8.18. The van der Waals surface area contributed by atoms with Crippen LogP contribution in [0.15, 0.2) is 79.3 Å². The van der Waals surface area contributed by atoms with Gasteiger partial charge in [-0.1, -0.05) is 60.7 Å². The smallest absolute Gasteiger partial charge is 0.129 e. The molecule has 42 heavy (non-hydrogen) atoms. The van der Waals surface area contributed by atoms with E-state index in [4.69, 9.17) is 4.98 Å². The van der Waals surface area contributed by atoms with Crippen LogP contribution >= 0.6 is 0 Å². The van der Waals surface area contributed by atoms with Crippen LogP contribution in [0.5, 0.6) is 0 Å². The van der Waals surface area contributed by atoms with Crippen LogP contribution in [0.3, 0.4) is 0 Å². The van der Waals surface area contributed by atoms with Crippen LogP contribution < -0.4 is 0 Å². The summed E-state index contributed by atoms with van der Waals surface area (Å²) < 4.78 is 0. The van der Waals surface area contributed by atoms with Gasteiger partial charge in [0, 0.05) is 31.4 Å². The van der Waals surface area contributed by atoms with Crippen molar-refractivity contribution >= 4 is 6.08 Å². The second-order valence-corrected chi connectivity index (χ2v) is 11.4. The second kappa shape index (κ2) is 15.2. The molecular formula is C38H46N4. The van der Waals surface area contributed by atoms with Gasteiger partial charge in [0.15, 0.2) is 0 Å². The van der Waals surface area contributed by atoms with E-state index in [0.717, 1.165) is 49.4 Å². The number of aryl methyl sites for hydroxylation is 7. The van der Waals surface area contributed by atoms with E-state index in [0.29, 0.717) is 0 Å². The number of aromatic nitrogens is 4. The molecule has 0 radical (unpaired) electrons. The van der Waals surface area contributed by atoms with Crippen molar-refractivity contribution in [2.24, 2.45) is 0 Å². The van der Waals surface area contributed by atoms with Crippen LogP contribution in [-0.2, 0) is 25.7 Å². The van der Waals surface area contributed by atoms with Crippen molar-refractivity contribution in [3.63, 3.8) is 0 Å². The molecule has 0 aliphatic rings. The van der Waals surface area contributed by atoms with Crippen LogP contribution in [0.25, 0.3) is 6.08 Å². The Bertz CT molecular complexity index is 1530. The quantitative estimate of drug-likeness (QED) is 0.168. The Balaban J connectivity index is 0.000000201. The Labute approximate surface area is 252 Å². The summed E-state index contributed by atoms with van der Waals surface area (Å²) >= 11 is 0. The minimum Gasteiger partial charge on any atom is -0.348 e. The number of allylic oxidation sites excluding steroid dienone is 1. The van der Waals surface area contributed by atoms with E-state index in [1.54, 1.807) is 6.20 Å². The summed E-state index contributed by atoms with van der Waals surface area (Å²) in [5, 5.41) is 0. The third-order valence-corrected chi connectivity index (χ3v) is 8.18. The highest BCUT2D eigenvalue weighted by Crippen LogP contribution is 2.19. The summed E-state index contributed by atoms with van der Waals surface area (Å²) in [5.41, 5.74) is 13.7. The fourth-order valence-corrected chi connectivity index (χ4v) is 5.62. The Morgan fingerprint density at radius 2 is 1.19 bits per heavy atom. The molecular weight excluding hydrogens is 512 g/mol. The van der Waals surface area contributed by atoms with Gasteiger partial charge in [0.1, 0.15) is 11.6 Å². The molecule has 0 aliphatic carbocycles. The standard InChI is InChI=1S/C22H26N2.C16H20N2/c1-15-7-5-8-16(2)20(15)11-12-22-23-14-19(24-22)13-21-17(3)9-6-10-18(21)4;1-13-7-6-8-14(2)15(13)9-4-3-5-10-16-17-11-12-18-16/h5-10,14H,11-13H2,1-4H3,(H,23,24);5-8,10-12H,3-4,9H2,1-2H3,(H,17,18)/b;10-5+. The van der Waals surface area contributed by atoms with Crippen molar-refractivity contribution in [3.8, 4) is 0 Å². The lowest BCUT2D eigenvalue weighted by Crippen LogP contribution is -1.99. The molecule has 4 heteroatoms. The van der Waals surface area contributed by atoms with Crippen molar-refractivity contribution in [1.82, 2.24) is 19.9 Å². The van der Waals surface area contributed by atoms with E-state index in [-0.39, 0.29) is 0 Å². The van der Waals surface area contributed by atoms with Gasteiger partial charge in [-0.15, -0.1) is 0 Å². The van der Waals surface area contributed by atoms with Gasteiger partial charge >= 0.3 is 0 Å². The maximum Gasteiger partial charge on any atom is 0.129 e. The number of aromatic amines is 2. The number of hydrogen-bond donors (Lipinski definition) is 2. The van der Waals surface area contributed by atoms with Crippen molar-refractivity contribution in [2.45, 2.75) is 80.1 Å². The molecule has 0 spiro atoms. The molecule has 2 aromatic heterocycles. The first-order valence-corrected chi connectivity index (χ1v) is 15.2. The van der Waals surface area contributed by atoms with E-state index >= 15 is 0 Å². The summed E-state index contributed by atoms with van der Waals surface area (Å²) in [5.74, 6) is 2.01.